The van der Waals surface area contributed by atoms with Crippen molar-refractivity contribution >= 4 is 22.9 Å². The zero-order valence-electron chi connectivity index (χ0n) is 14.3. The van der Waals surface area contributed by atoms with Crippen LogP contribution in [-0.2, 0) is 13.0 Å². The second kappa shape index (κ2) is 7.09. The summed E-state index contributed by atoms with van der Waals surface area (Å²) in [7, 11) is 0. The molecular weight excluding hydrogens is 336 g/mol. The molecule has 1 aliphatic heterocycles. The molecule has 0 bridgehead atoms. The fourth-order valence-corrected chi connectivity index (χ4v) is 4.13. The summed E-state index contributed by atoms with van der Waals surface area (Å²) < 4.78 is 7.08. The number of hydrogen-bond acceptors (Lipinski definition) is 5. The topological polar surface area (TPSA) is 67.1 Å². The van der Waals surface area contributed by atoms with Gasteiger partial charge in [-0.2, -0.15) is 11.8 Å². The second-order valence-electron chi connectivity index (χ2n) is 6.34. The van der Waals surface area contributed by atoms with E-state index in [9.17, 15) is 4.79 Å². The lowest BCUT2D eigenvalue weighted by molar-refractivity contribution is 0.169. The van der Waals surface area contributed by atoms with Gasteiger partial charge in [0.2, 0.25) is 0 Å². The number of thioether (sulfide) groups is 1. The van der Waals surface area contributed by atoms with Crippen molar-refractivity contribution in [2.24, 2.45) is 0 Å². The van der Waals surface area contributed by atoms with Crippen LogP contribution in [0.25, 0.3) is 11.1 Å². The highest BCUT2D eigenvalue weighted by Gasteiger charge is 2.29. The van der Waals surface area contributed by atoms with E-state index in [-0.39, 0.29) is 5.76 Å². The zero-order chi connectivity index (χ0) is 17.2. The van der Waals surface area contributed by atoms with Crippen LogP contribution in [0.5, 0.6) is 0 Å². The Labute approximate surface area is 150 Å². The third kappa shape index (κ3) is 3.14. The van der Waals surface area contributed by atoms with Gasteiger partial charge in [0.15, 0.2) is 5.58 Å². The molecule has 3 heterocycles. The average molecular weight is 358 g/mol. The molecule has 7 heteroatoms. The Kier molecular flexibility index (Phi) is 4.67. The van der Waals surface area contributed by atoms with Crippen LogP contribution < -0.4 is 5.76 Å². The van der Waals surface area contributed by atoms with Crippen LogP contribution in [-0.4, -0.2) is 44.5 Å². The average Bonchev–Trinajstić information content (AvgIpc) is 3.22. The van der Waals surface area contributed by atoms with Gasteiger partial charge in [-0.1, -0.05) is 12.1 Å². The monoisotopic (exact) mass is 358 g/mol. The lowest BCUT2D eigenvalue weighted by Gasteiger charge is -2.34. The van der Waals surface area contributed by atoms with Crippen molar-refractivity contribution in [2.45, 2.75) is 25.4 Å². The molecule has 0 saturated carbocycles. The zero-order valence-corrected chi connectivity index (χ0v) is 15.1. The smallest absolute Gasteiger partial charge is 0.408 e. The standard InChI is InChI=1S/C18H22N4O2S/c1-25-11-7-15-17-13(19-12-20-17)6-8-21(15)9-10-22-14-4-2-3-5-16(14)24-18(22)23/h2-5,12,15H,6-11H2,1H3,(H,19,20)/t15-/m1/s1. The van der Waals surface area contributed by atoms with Gasteiger partial charge < -0.3 is 9.40 Å². The molecule has 3 aromatic rings. The lowest BCUT2D eigenvalue weighted by atomic mass is 10.0. The number of imidazole rings is 1. The molecule has 2 aromatic heterocycles. The molecule has 0 amide bonds. The van der Waals surface area contributed by atoms with Gasteiger partial charge in [-0.25, -0.2) is 9.78 Å². The number of rotatable bonds is 6. The van der Waals surface area contributed by atoms with E-state index >= 15 is 0 Å². The van der Waals surface area contributed by atoms with Crippen molar-refractivity contribution in [1.29, 1.82) is 0 Å². The maximum atomic E-state index is 12.2. The summed E-state index contributed by atoms with van der Waals surface area (Å²) in [5.41, 5.74) is 3.95. The molecule has 0 radical (unpaired) electrons. The number of benzene rings is 1. The first kappa shape index (κ1) is 16.5. The number of hydrogen-bond donors (Lipinski definition) is 1. The number of aromatic nitrogens is 3. The van der Waals surface area contributed by atoms with Crippen molar-refractivity contribution in [2.75, 3.05) is 25.1 Å². The first-order valence-electron chi connectivity index (χ1n) is 8.61. The lowest BCUT2D eigenvalue weighted by Crippen LogP contribution is -2.38. The van der Waals surface area contributed by atoms with Crippen LogP contribution in [0, 0.1) is 0 Å². The van der Waals surface area contributed by atoms with Gasteiger partial charge >= 0.3 is 5.76 Å². The third-order valence-corrected chi connectivity index (χ3v) is 5.58. The largest absolute Gasteiger partial charge is 0.419 e. The van der Waals surface area contributed by atoms with E-state index in [1.807, 2.05) is 36.0 Å². The summed E-state index contributed by atoms with van der Waals surface area (Å²) in [6, 6.07) is 7.92. The highest BCUT2D eigenvalue weighted by Crippen LogP contribution is 2.30. The number of para-hydroxylation sites is 2. The summed E-state index contributed by atoms with van der Waals surface area (Å²) in [5, 5.41) is 0. The summed E-state index contributed by atoms with van der Waals surface area (Å²) >= 11 is 1.86. The van der Waals surface area contributed by atoms with Crippen molar-refractivity contribution in [3.8, 4) is 0 Å². The van der Waals surface area contributed by atoms with Crippen molar-refractivity contribution < 1.29 is 4.42 Å². The van der Waals surface area contributed by atoms with Gasteiger partial charge in [0.1, 0.15) is 0 Å². The van der Waals surface area contributed by atoms with Gasteiger partial charge in [0.05, 0.1) is 23.6 Å². The number of oxazole rings is 1. The van der Waals surface area contributed by atoms with E-state index in [2.05, 4.69) is 21.1 Å². The normalized spacial score (nSPS) is 17.9. The van der Waals surface area contributed by atoms with E-state index in [0.29, 0.717) is 18.2 Å². The number of aromatic amines is 1. The molecule has 6 nitrogen and oxygen atoms in total. The molecule has 1 aliphatic rings. The summed E-state index contributed by atoms with van der Waals surface area (Å²) in [6.45, 7) is 2.43. The molecule has 0 aliphatic carbocycles. The van der Waals surface area contributed by atoms with E-state index in [1.165, 1.54) is 11.4 Å². The number of nitrogens with zero attached hydrogens (tertiary/aromatic N) is 3. The molecule has 1 atom stereocenters. The molecule has 1 aromatic carbocycles. The van der Waals surface area contributed by atoms with Crippen LogP contribution in [0.4, 0.5) is 0 Å². The van der Waals surface area contributed by atoms with Crippen molar-refractivity contribution in [1.82, 2.24) is 19.4 Å². The molecule has 0 saturated heterocycles. The first-order chi connectivity index (χ1) is 12.3. The van der Waals surface area contributed by atoms with Gasteiger partial charge in [0, 0.05) is 31.7 Å². The van der Waals surface area contributed by atoms with E-state index in [4.69, 9.17) is 4.42 Å². The highest BCUT2D eigenvalue weighted by molar-refractivity contribution is 7.98. The number of H-pyrrole nitrogens is 1. The van der Waals surface area contributed by atoms with E-state index in [0.717, 1.165) is 37.2 Å². The first-order valence-corrected chi connectivity index (χ1v) is 10.0. The summed E-state index contributed by atoms with van der Waals surface area (Å²) in [5.74, 6) is 0.821. The molecule has 132 valence electrons. The Morgan fingerprint density at radius 1 is 1.36 bits per heavy atom. The molecule has 4 rings (SSSR count). The Morgan fingerprint density at radius 2 is 2.24 bits per heavy atom. The van der Waals surface area contributed by atoms with E-state index in [1.54, 1.807) is 10.9 Å². The highest BCUT2D eigenvalue weighted by atomic mass is 32.2. The minimum absolute atomic E-state index is 0.278. The predicted octanol–water partition coefficient (Wildman–Crippen LogP) is 2.67. The quantitative estimate of drug-likeness (QED) is 0.734. The number of fused-ring (bicyclic) bond motifs is 2. The molecule has 25 heavy (non-hydrogen) atoms. The predicted molar refractivity (Wildman–Crippen MR) is 100 cm³/mol. The van der Waals surface area contributed by atoms with Crippen LogP contribution in [0.2, 0.25) is 0 Å². The number of nitrogens with one attached hydrogen (secondary N) is 1. The minimum atomic E-state index is -0.278. The Balaban J connectivity index is 1.55. The van der Waals surface area contributed by atoms with E-state index < -0.39 is 0 Å². The minimum Gasteiger partial charge on any atom is -0.408 e. The molecule has 0 fully saturated rings. The van der Waals surface area contributed by atoms with Crippen molar-refractivity contribution in [3.63, 3.8) is 0 Å². The molecule has 0 unspecified atom stereocenters. The summed E-state index contributed by atoms with van der Waals surface area (Å²) in [6.07, 6.45) is 5.98. The molecule has 0 spiro atoms. The van der Waals surface area contributed by atoms with Crippen LogP contribution >= 0.6 is 11.8 Å². The fourth-order valence-electron chi connectivity index (χ4n) is 3.67. The Bertz CT molecular complexity index is 913. The Hall–Kier alpha value is -1.99. The van der Waals surface area contributed by atoms with Gasteiger partial charge in [0.25, 0.3) is 0 Å². The molecular formula is C18H22N4O2S. The van der Waals surface area contributed by atoms with Gasteiger partial charge in [-0.05, 0) is 30.6 Å². The maximum absolute atomic E-state index is 12.2. The fraction of sp³-hybridized carbons (Fsp3) is 0.444. The summed E-state index contributed by atoms with van der Waals surface area (Å²) in [4.78, 5) is 22.5. The SMILES string of the molecule is CSCC[C@@H]1c2nc[nH]c2CCN1CCn1c(=O)oc2ccccc21. The van der Waals surface area contributed by atoms with Crippen LogP contribution in [0.1, 0.15) is 23.9 Å². The van der Waals surface area contributed by atoms with Gasteiger partial charge in [-0.3, -0.25) is 9.47 Å². The molecule has 1 N–H and O–H groups in total. The Morgan fingerprint density at radius 3 is 3.12 bits per heavy atom. The van der Waals surface area contributed by atoms with Crippen molar-refractivity contribution in [3.05, 3.63) is 52.5 Å². The van der Waals surface area contributed by atoms with Gasteiger partial charge in [-0.15, -0.1) is 0 Å². The second-order valence-corrected chi connectivity index (χ2v) is 7.32. The third-order valence-electron chi connectivity index (χ3n) is 4.94. The maximum Gasteiger partial charge on any atom is 0.419 e. The van der Waals surface area contributed by atoms with Crippen LogP contribution in [0.3, 0.4) is 0 Å². The van der Waals surface area contributed by atoms with Crippen LogP contribution in [0.15, 0.2) is 39.8 Å².